The van der Waals surface area contributed by atoms with Crippen molar-refractivity contribution in [2.45, 2.75) is 24.8 Å². The minimum absolute atomic E-state index is 0.166. The maximum atomic E-state index is 12.4. The van der Waals surface area contributed by atoms with Crippen LogP contribution in [-0.4, -0.2) is 52.4 Å². The van der Waals surface area contributed by atoms with Crippen LogP contribution in [0.3, 0.4) is 0 Å². The molecule has 2 aliphatic rings. The Hall–Kier alpha value is -2.33. The summed E-state index contributed by atoms with van der Waals surface area (Å²) >= 11 is 2.75. The minimum atomic E-state index is -1.51. The molecule has 2 aliphatic heterocycles. The van der Waals surface area contributed by atoms with Gasteiger partial charge in [-0.1, -0.05) is 6.07 Å². The van der Waals surface area contributed by atoms with E-state index >= 15 is 0 Å². The lowest BCUT2D eigenvalue weighted by Crippen LogP contribution is -2.71. The van der Waals surface area contributed by atoms with Crippen molar-refractivity contribution in [3.05, 3.63) is 33.7 Å². The van der Waals surface area contributed by atoms with Crippen LogP contribution >= 0.6 is 23.1 Å². The zero-order valence-corrected chi connectivity index (χ0v) is 15.4. The number of esters is 1. The van der Waals surface area contributed by atoms with E-state index in [2.05, 4.69) is 5.32 Å². The minimum Gasteiger partial charge on any atom is -0.543 e. The Morgan fingerprint density at radius 2 is 2.19 bits per heavy atom. The standard InChI is InChI=1S/C16H16N2O6S2/c1-8(19)24-6-9-7-26-15-12(14(21)18(15)13(9)16(22)23)17-11(20)5-10-3-2-4-25-10/h2-4,12,15H,5-7H2,1H3,(H,17,20)(H,22,23)/p-1/t12-,15-/m1/s1. The summed E-state index contributed by atoms with van der Waals surface area (Å²) in [6.07, 6.45) is 0.166. The summed E-state index contributed by atoms with van der Waals surface area (Å²) in [5, 5.41) is 15.5. The molecule has 1 aromatic heterocycles. The second kappa shape index (κ2) is 7.50. The van der Waals surface area contributed by atoms with Crippen molar-refractivity contribution in [1.82, 2.24) is 10.2 Å². The molecule has 1 fully saturated rings. The fourth-order valence-electron chi connectivity index (χ4n) is 2.77. The van der Waals surface area contributed by atoms with Gasteiger partial charge in [-0.2, -0.15) is 0 Å². The average molecular weight is 395 g/mol. The summed E-state index contributed by atoms with van der Waals surface area (Å²) in [6.45, 7) is 1.00. The number of nitrogens with zero attached hydrogens (tertiary/aromatic N) is 1. The number of hydrogen-bond donors (Lipinski definition) is 1. The van der Waals surface area contributed by atoms with Gasteiger partial charge in [0.2, 0.25) is 5.91 Å². The lowest BCUT2D eigenvalue weighted by Gasteiger charge is -2.50. The molecule has 8 nitrogen and oxygen atoms in total. The summed E-state index contributed by atoms with van der Waals surface area (Å²) in [5.74, 6) is -2.59. The Labute approximate surface area is 157 Å². The van der Waals surface area contributed by atoms with Crippen LogP contribution in [0.25, 0.3) is 0 Å². The molecule has 1 aromatic rings. The average Bonchev–Trinajstić information content (AvgIpc) is 3.09. The van der Waals surface area contributed by atoms with Crippen LogP contribution < -0.4 is 10.4 Å². The van der Waals surface area contributed by atoms with Crippen molar-refractivity contribution in [3.63, 3.8) is 0 Å². The van der Waals surface area contributed by atoms with Gasteiger partial charge in [-0.3, -0.25) is 19.3 Å². The van der Waals surface area contributed by atoms with E-state index in [9.17, 15) is 24.3 Å². The van der Waals surface area contributed by atoms with Crippen molar-refractivity contribution in [2.24, 2.45) is 0 Å². The summed E-state index contributed by atoms with van der Waals surface area (Å²) in [6, 6.07) is 2.88. The zero-order valence-electron chi connectivity index (χ0n) is 13.7. The van der Waals surface area contributed by atoms with E-state index < -0.39 is 29.3 Å². The van der Waals surface area contributed by atoms with Gasteiger partial charge in [0.15, 0.2) is 0 Å². The number of fused-ring (bicyclic) bond motifs is 1. The van der Waals surface area contributed by atoms with E-state index in [1.54, 1.807) is 0 Å². The number of carbonyl (C=O) groups excluding carboxylic acids is 4. The summed E-state index contributed by atoms with van der Waals surface area (Å²) < 4.78 is 4.85. The Morgan fingerprint density at radius 3 is 2.81 bits per heavy atom. The highest BCUT2D eigenvalue weighted by Gasteiger charge is 2.52. The van der Waals surface area contributed by atoms with Gasteiger partial charge in [0.25, 0.3) is 5.91 Å². The van der Waals surface area contributed by atoms with Gasteiger partial charge in [-0.05, 0) is 11.4 Å². The van der Waals surface area contributed by atoms with Crippen LogP contribution in [0.15, 0.2) is 28.8 Å². The van der Waals surface area contributed by atoms with Crippen LogP contribution in [0.4, 0.5) is 0 Å². The number of β-lactam (4-membered cyclic amide) rings is 1. The summed E-state index contributed by atoms with van der Waals surface area (Å²) in [4.78, 5) is 48.9. The first-order valence-electron chi connectivity index (χ1n) is 7.71. The number of hydrogen-bond acceptors (Lipinski definition) is 8. The molecule has 0 aliphatic carbocycles. The molecule has 138 valence electrons. The van der Waals surface area contributed by atoms with Gasteiger partial charge in [-0.15, -0.1) is 23.1 Å². The van der Waals surface area contributed by atoms with E-state index in [1.165, 1.54) is 30.0 Å². The second-order valence-electron chi connectivity index (χ2n) is 5.73. The van der Waals surface area contributed by atoms with E-state index in [-0.39, 0.29) is 30.4 Å². The number of carboxylic acid groups (broad SMARTS) is 1. The fraction of sp³-hybridized carbons (Fsp3) is 0.375. The van der Waals surface area contributed by atoms with Crippen LogP contribution in [0.1, 0.15) is 11.8 Å². The van der Waals surface area contributed by atoms with Crippen molar-refractivity contribution in [2.75, 3.05) is 12.4 Å². The SMILES string of the molecule is CC(=O)OCC1=C(C(=O)[O-])N2C(=O)[C@@H](NC(=O)Cc3cccs3)[C@H]2SC1. The maximum Gasteiger partial charge on any atom is 0.302 e. The van der Waals surface area contributed by atoms with E-state index in [4.69, 9.17) is 4.74 Å². The maximum absolute atomic E-state index is 12.4. The molecule has 1 N–H and O–H groups in total. The Kier molecular flexibility index (Phi) is 5.33. The number of ether oxygens (including phenoxy) is 1. The molecule has 0 spiro atoms. The first kappa shape index (κ1) is 18.5. The molecule has 10 heteroatoms. The highest BCUT2D eigenvalue weighted by molar-refractivity contribution is 8.00. The van der Waals surface area contributed by atoms with Crippen LogP contribution in [-0.2, 0) is 30.3 Å². The van der Waals surface area contributed by atoms with Gasteiger partial charge in [-0.25, -0.2) is 0 Å². The lowest BCUT2D eigenvalue weighted by atomic mass is 10.0. The molecule has 0 unspecified atom stereocenters. The third kappa shape index (κ3) is 3.61. The van der Waals surface area contributed by atoms with Crippen LogP contribution in [0.5, 0.6) is 0 Å². The Morgan fingerprint density at radius 1 is 1.42 bits per heavy atom. The summed E-state index contributed by atoms with van der Waals surface area (Å²) in [5.41, 5.74) is 0.0296. The Balaban J connectivity index is 1.69. The molecule has 2 atom stereocenters. The van der Waals surface area contributed by atoms with E-state index in [0.29, 0.717) is 5.57 Å². The fourth-order valence-corrected chi connectivity index (χ4v) is 4.80. The highest BCUT2D eigenvalue weighted by Crippen LogP contribution is 2.40. The molecule has 0 bridgehead atoms. The first-order valence-corrected chi connectivity index (χ1v) is 9.64. The zero-order chi connectivity index (χ0) is 18.8. The number of rotatable bonds is 6. The van der Waals surface area contributed by atoms with Crippen molar-refractivity contribution in [3.8, 4) is 0 Å². The largest absolute Gasteiger partial charge is 0.543 e. The van der Waals surface area contributed by atoms with Crippen molar-refractivity contribution < 1.29 is 29.0 Å². The third-order valence-electron chi connectivity index (χ3n) is 3.92. The molecule has 0 radical (unpaired) electrons. The second-order valence-corrected chi connectivity index (χ2v) is 7.87. The van der Waals surface area contributed by atoms with E-state index in [1.807, 2.05) is 17.5 Å². The molecule has 26 heavy (non-hydrogen) atoms. The van der Waals surface area contributed by atoms with Gasteiger partial charge in [0.1, 0.15) is 18.0 Å². The van der Waals surface area contributed by atoms with Gasteiger partial charge < -0.3 is 20.0 Å². The van der Waals surface area contributed by atoms with Gasteiger partial charge in [0.05, 0.1) is 18.1 Å². The number of aliphatic carboxylic acids is 1. The quantitative estimate of drug-likeness (QED) is 0.498. The predicted octanol–water partition coefficient (Wildman–Crippen LogP) is -0.742. The molecular formula is C16H15N2O6S2-. The Bertz CT molecular complexity index is 789. The molecular weight excluding hydrogens is 380 g/mol. The third-order valence-corrected chi connectivity index (χ3v) is 6.14. The van der Waals surface area contributed by atoms with E-state index in [0.717, 1.165) is 9.78 Å². The van der Waals surface area contributed by atoms with Gasteiger partial charge in [0, 0.05) is 23.1 Å². The van der Waals surface area contributed by atoms with Crippen molar-refractivity contribution in [1.29, 1.82) is 0 Å². The number of amides is 2. The lowest BCUT2D eigenvalue weighted by molar-refractivity contribution is -0.301. The number of thiophene rings is 1. The molecule has 1 saturated heterocycles. The summed E-state index contributed by atoms with van der Waals surface area (Å²) in [7, 11) is 0. The smallest absolute Gasteiger partial charge is 0.302 e. The topological polar surface area (TPSA) is 116 Å². The monoisotopic (exact) mass is 395 g/mol. The molecule has 0 aromatic carbocycles. The normalized spacial score (nSPS) is 21.7. The number of nitrogens with one attached hydrogen (secondary N) is 1. The predicted molar refractivity (Wildman–Crippen MR) is 91.7 cm³/mol. The van der Waals surface area contributed by atoms with Gasteiger partial charge >= 0.3 is 5.97 Å². The molecule has 3 rings (SSSR count). The molecule has 2 amide bonds. The van der Waals surface area contributed by atoms with Crippen LogP contribution in [0, 0.1) is 0 Å². The highest BCUT2D eigenvalue weighted by atomic mass is 32.2. The number of carboxylic acids is 1. The van der Waals surface area contributed by atoms with Crippen molar-refractivity contribution >= 4 is 46.9 Å². The number of thioether (sulfide) groups is 1. The molecule has 3 heterocycles. The number of carbonyl (C=O) groups is 4. The molecule has 0 saturated carbocycles. The van der Waals surface area contributed by atoms with Crippen LogP contribution in [0.2, 0.25) is 0 Å². The first-order chi connectivity index (χ1) is 12.4.